The van der Waals surface area contributed by atoms with Crippen molar-refractivity contribution in [2.45, 2.75) is 13.3 Å². The van der Waals surface area contributed by atoms with Crippen molar-refractivity contribution in [2.24, 2.45) is 5.92 Å². The molecular formula is C13H11N3. The smallest absolute Gasteiger partial charge is 0.137 e. The van der Waals surface area contributed by atoms with Gasteiger partial charge in [0.15, 0.2) is 0 Å². The normalized spacial score (nSPS) is 10.2. The van der Waals surface area contributed by atoms with Gasteiger partial charge in [0.25, 0.3) is 0 Å². The third-order valence-corrected chi connectivity index (χ3v) is 2.66. The Labute approximate surface area is 93.9 Å². The highest BCUT2D eigenvalue weighted by molar-refractivity contribution is 5.83. The van der Waals surface area contributed by atoms with E-state index >= 15 is 0 Å². The molecule has 0 bridgehead atoms. The van der Waals surface area contributed by atoms with E-state index < -0.39 is 5.92 Å². The second-order valence-corrected chi connectivity index (χ2v) is 3.88. The second-order valence-electron chi connectivity index (χ2n) is 3.88. The summed E-state index contributed by atoms with van der Waals surface area (Å²) < 4.78 is 0. The van der Waals surface area contributed by atoms with Gasteiger partial charge in [0.05, 0.1) is 12.1 Å². The van der Waals surface area contributed by atoms with E-state index in [1.165, 1.54) is 5.56 Å². The minimum Gasteiger partial charge on any atom is -0.361 e. The molecule has 0 amide bonds. The molecule has 1 N–H and O–H groups in total. The van der Waals surface area contributed by atoms with Gasteiger partial charge < -0.3 is 4.98 Å². The maximum absolute atomic E-state index is 8.77. The number of aryl methyl sites for hydroxylation is 1. The van der Waals surface area contributed by atoms with Crippen LogP contribution in [0.25, 0.3) is 10.9 Å². The molecule has 0 aliphatic carbocycles. The lowest BCUT2D eigenvalue weighted by molar-refractivity contribution is 0.839. The first-order chi connectivity index (χ1) is 7.74. The first-order valence-corrected chi connectivity index (χ1v) is 5.10. The van der Waals surface area contributed by atoms with Gasteiger partial charge in [-0.15, -0.1) is 0 Å². The van der Waals surface area contributed by atoms with Gasteiger partial charge in [-0.3, -0.25) is 0 Å². The number of aromatic nitrogens is 1. The van der Waals surface area contributed by atoms with Gasteiger partial charge in [0.1, 0.15) is 5.92 Å². The van der Waals surface area contributed by atoms with Gasteiger partial charge in [0.2, 0.25) is 0 Å². The molecule has 1 aromatic carbocycles. The number of rotatable bonds is 2. The summed E-state index contributed by atoms with van der Waals surface area (Å²) in [5, 5.41) is 18.6. The van der Waals surface area contributed by atoms with Gasteiger partial charge in [-0.2, -0.15) is 10.5 Å². The van der Waals surface area contributed by atoms with Crippen LogP contribution in [0.15, 0.2) is 24.4 Å². The van der Waals surface area contributed by atoms with Gasteiger partial charge >= 0.3 is 0 Å². The van der Waals surface area contributed by atoms with E-state index in [1.54, 1.807) is 0 Å². The number of hydrogen-bond acceptors (Lipinski definition) is 2. The lowest BCUT2D eigenvalue weighted by Gasteiger charge is -1.99. The van der Waals surface area contributed by atoms with Gasteiger partial charge in [0, 0.05) is 23.5 Å². The summed E-state index contributed by atoms with van der Waals surface area (Å²) in [6.07, 6.45) is 2.36. The Hall–Kier alpha value is -2.26. The largest absolute Gasteiger partial charge is 0.361 e. The molecule has 0 saturated carbocycles. The van der Waals surface area contributed by atoms with E-state index in [2.05, 4.69) is 11.1 Å². The number of nitrogens with zero attached hydrogens (tertiary/aromatic N) is 2. The molecule has 0 aliphatic rings. The maximum atomic E-state index is 8.77. The van der Waals surface area contributed by atoms with Crippen LogP contribution in [-0.2, 0) is 6.42 Å². The van der Waals surface area contributed by atoms with Crippen molar-refractivity contribution in [3.63, 3.8) is 0 Å². The fourth-order valence-corrected chi connectivity index (χ4v) is 1.80. The molecule has 0 aliphatic heterocycles. The highest BCUT2D eigenvalue weighted by Crippen LogP contribution is 2.21. The molecule has 3 nitrogen and oxygen atoms in total. The molecule has 2 aromatic rings. The van der Waals surface area contributed by atoms with E-state index in [0.717, 1.165) is 16.5 Å². The number of benzene rings is 1. The van der Waals surface area contributed by atoms with Crippen molar-refractivity contribution in [3.8, 4) is 12.1 Å². The van der Waals surface area contributed by atoms with Crippen molar-refractivity contribution in [1.29, 1.82) is 10.5 Å². The molecular weight excluding hydrogens is 198 g/mol. The Morgan fingerprint density at radius 2 is 2.06 bits per heavy atom. The molecule has 16 heavy (non-hydrogen) atoms. The first-order valence-electron chi connectivity index (χ1n) is 5.10. The number of nitrogens with one attached hydrogen (secondary N) is 1. The van der Waals surface area contributed by atoms with Crippen molar-refractivity contribution in [2.75, 3.05) is 0 Å². The predicted octanol–water partition coefficient (Wildman–Crippen LogP) is 2.68. The zero-order valence-corrected chi connectivity index (χ0v) is 8.99. The zero-order valence-electron chi connectivity index (χ0n) is 8.99. The van der Waals surface area contributed by atoms with E-state index in [4.69, 9.17) is 10.5 Å². The van der Waals surface area contributed by atoms with Crippen molar-refractivity contribution in [3.05, 3.63) is 35.5 Å². The standard InChI is InChI=1S/C13H11N3/c1-9-2-3-13-12(4-9)11(8-16-13)5-10(6-14)7-15/h2-4,8,10,16H,5H2,1H3. The van der Waals surface area contributed by atoms with Crippen LogP contribution in [0.5, 0.6) is 0 Å². The Kier molecular flexibility index (Phi) is 2.62. The lowest BCUT2D eigenvalue weighted by Crippen LogP contribution is -1.97. The van der Waals surface area contributed by atoms with Gasteiger partial charge in [-0.25, -0.2) is 0 Å². The Bertz CT molecular complexity index is 582. The summed E-state index contributed by atoms with van der Waals surface area (Å²) in [5.74, 6) is -0.570. The van der Waals surface area contributed by atoms with E-state index in [1.807, 2.05) is 37.4 Å². The molecule has 0 fully saturated rings. The summed E-state index contributed by atoms with van der Waals surface area (Å²) in [6.45, 7) is 2.03. The van der Waals surface area contributed by atoms with Crippen molar-refractivity contribution >= 4 is 10.9 Å². The fourth-order valence-electron chi connectivity index (χ4n) is 1.80. The molecule has 0 saturated heterocycles. The topological polar surface area (TPSA) is 63.4 Å². The molecule has 1 heterocycles. The van der Waals surface area contributed by atoms with Crippen LogP contribution in [0.3, 0.4) is 0 Å². The lowest BCUT2D eigenvalue weighted by atomic mass is 10.0. The summed E-state index contributed by atoms with van der Waals surface area (Å²) in [5.41, 5.74) is 3.26. The minimum atomic E-state index is -0.570. The molecule has 2 rings (SSSR count). The van der Waals surface area contributed by atoms with Crippen LogP contribution in [0.1, 0.15) is 11.1 Å². The molecule has 0 unspecified atom stereocenters. The SMILES string of the molecule is Cc1ccc2[nH]cc(CC(C#N)C#N)c2c1. The third-order valence-electron chi connectivity index (χ3n) is 2.66. The second kappa shape index (κ2) is 4.08. The van der Waals surface area contributed by atoms with Crippen LogP contribution < -0.4 is 0 Å². The maximum Gasteiger partial charge on any atom is 0.137 e. The van der Waals surface area contributed by atoms with E-state index in [9.17, 15) is 0 Å². The number of nitriles is 2. The summed E-state index contributed by atoms with van der Waals surface area (Å²) >= 11 is 0. The van der Waals surface area contributed by atoms with Gasteiger partial charge in [-0.1, -0.05) is 11.6 Å². The highest BCUT2D eigenvalue weighted by Gasteiger charge is 2.10. The quantitative estimate of drug-likeness (QED) is 0.826. The molecule has 0 atom stereocenters. The third kappa shape index (κ3) is 1.76. The predicted molar refractivity (Wildman–Crippen MR) is 61.5 cm³/mol. The summed E-state index contributed by atoms with van der Waals surface area (Å²) in [7, 11) is 0. The number of fused-ring (bicyclic) bond motifs is 1. The Morgan fingerprint density at radius 1 is 1.31 bits per heavy atom. The Balaban J connectivity index is 2.43. The molecule has 3 heteroatoms. The first kappa shape index (κ1) is 10.3. The van der Waals surface area contributed by atoms with Crippen LogP contribution in [-0.4, -0.2) is 4.98 Å². The van der Waals surface area contributed by atoms with Crippen LogP contribution in [0.2, 0.25) is 0 Å². The number of H-pyrrole nitrogens is 1. The summed E-state index contributed by atoms with van der Waals surface area (Å²) in [6, 6.07) is 10.1. The molecule has 78 valence electrons. The van der Waals surface area contributed by atoms with E-state index in [0.29, 0.717) is 6.42 Å². The fraction of sp³-hybridized carbons (Fsp3) is 0.231. The van der Waals surface area contributed by atoms with Crippen molar-refractivity contribution < 1.29 is 0 Å². The Morgan fingerprint density at radius 3 is 2.75 bits per heavy atom. The van der Waals surface area contributed by atoms with Gasteiger partial charge in [-0.05, 0) is 24.6 Å². The minimum absolute atomic E-state index is 0.483. The average Bonchev–Trinajstić information content (AvgIpc) is 2.68. The van der Waals surface area contributed by atoms with Crippen LogP contribution in [0.4, 0.5) is 0 Å². The summed E-state index contributed by atoms with van der Waals surface area (Å²) in [4.78, 5) is 3.15. The number of hydrogen-bond donors (Lipinski definition) is 1. The van der Waals surface area contributed by atoms with Crippen LogP contribution in [0, 0.1) is 35.5 Å². The zero-order chi connectivity index (χ0) is 11.5. The van der Waals surface area contributed by atoms with E-state index in [-0.39, 0.29) is 0 Å². The average molecular weight is 209 g/mol. The molecule has 0 radical (unpaired) electrons. The number of aromatic amines is 1. The molecule has 1 aromatic heterocycles. The van der Waals surface area contributed by atoms with Crippen molar-refractivity contribution in [1.82, 2.24) is 4.98 Å². The monoisotopic (exact) mass is 209 g/mol. The van der Waals surface area contributed by atoms with Crippen LogP contribution >= 0.6 is 0 Å². The molecule has 0 spiro atoms. The highest BCUT2D eigenvalue weighted by atomic mass is 14.7.